The largest absolute Gasteiger partial charge is 0.494 e. The summed E-state index contributed by atoms with van der Waals surface area (Å²) in [7, 11) is 0. The van der Waals surface area contributed by atoms with Crippen LogP contribution in [-0.4, -0.2) is 33.0 Å². The van der Waals surface area contributed by atoms with Gasteiger partial charge in [0.05, 0.1) is 26.4 Å². The number of hydrogen-bond donors (Lipinski definition) is 1. The van der Waals surface area contributed by atoms with Crippen LogP contribution in [0.15, 0.2) is 48.5 Å². The van der Waals surface area contributed by atoms with Crippen LogP contribution in [0, 0.1) is 12.3 Å². The molecule has 25 heavy (non-hydrogen) atoms. The average molecular weight is 341 g/mol. The molecule has 0 bridgehead atoms. The van der Waals surface area contributed by atoms with Crippen molar-refractivity contribution in [3.05, 3.63) is 54.1 Å². The lowest BCUT2D eigenvalue weighted by atomic mass is 9.90. The fraction of sp³-hybridized carbons (Fsp3) is 0.429. The summed E-state index contributed by atoms with van der Waals surface area (Å²) in [5, 5.41) is 3.38. The van der Waals surface area contributed by atoms with Crippen LogP contribution in [0.3, 0.4) is 0 Å². The quantitative estimate of drug-likeness (QED) is 0.679. The first-order valence-corrected chi connectivity index (χ1v) is 8.85. The summed E-state index contributed by atoms with van der Waals surface area (Å²) in [5.74, 6) is 0.883. The highest BCUT2D eigenvalue weighted by Gasteiger charge is 2.33. The molecule has 1 aliphatic heterocycles. The Balaban J connectivity index is 1.34. The third-order valence-electron chi connectivity index (χ3n) is 4.25. The van der Waals surface area contributed by atoms with Gasteiger partial charge >= 0.3 is 0 Å². The molecule has 0 atom stereocenters. The van der Waals surface area contributed by atoms with E-state index in [0.717, 1.165) is 50.0 Å². The molecular formula is C21H27NO3. The molecule has 0 unspecified atom stereocenters. The Morgan fingerprint density at radius 2 is 1.60 bits per heavy atom. The summed E-state index contributed by atoms with van der Waals surface area (Å²) in [6.45, 7) is 8.06. The Kier molecular flexibility index (Phi) is 5.95. The van der Waals surface area contributed by atoms with Crippen molar-refractivity contribution in [2.24, 2.45) is 5.41 Å². The Labute approximate surface area is 150 Å². The van der Waals surface area contributed by atoms with E-state index in [1.807, 2.05) is 24.3 Å². The monoisotopic (exact) mass is 341 g/mol. The van der Waals surface area contributed by atoms with Crippen molar-refractivity contribution in [2.75, 3.05) is 38.4 Å². The molecule has 0 amide bonds. The number of ether oxygens (including phenoxy) is 3. The van der Waals surface area contributed by atoms with Crippen LogP contribution < -0.4 is 10.1 Å². The normalized spacial score (nSPS) is 15.4. The van der Waals surface area contributed by atoms with Crippen LogP contribution >= 0.6 is 0 Å². The lowest BCUT2D eigenvalue weighted by Crippen LogP contribution is -2.43. The minimum Gasteiger partial charge on any atom is -0.494 e. The second-order valence-corrected chi connectivity index (χ2v) is 7.07. The summed E-state index contributed by atoms with van der Waals surface area (Å²) in [4.78, 5) is 0. The van der Waals surface area contributed by atoms with Crippen LogP contribution in [0.4, 0.5) is 11.4 Å². The van der Waals surface area contributed by atoms with Crippen molar-refractivity contribution in [1.82, 2.24) is 0 Å². The molecule has 0 spiro atoms. The van der Waals surface area contributed by atoms with Gasteiger partial charge in [0.25, 0.3) is 0 Å². The number of nitrogens with one attached hydrogen (secondary N) is 1. The Bertz CT molecular complexity index is 648. The van der Waals surface area contributed by atoms with E-state index in [1.54, 1.807) is 0 Å². The summed E-state index contributed by atoms with van der Waals surface area (Å²) in [5.41, 5.74) is 3.62. The molecule has 1 aliphatic rings. The van der Waals surface area contributed by atoms with Crippen molar-refractivity contribution in [3.8, 4) is 5.75 Å². The SMILES string of the molecule is Cc1ccc(Nc2ccc(OCCCOCC3(C)COC3)cc2)cc1. The molecule has 2 aromatic carbocycles. The van der Waals surface area contributed by atoms with Crippen molar-refractivity contribution in [2.45, 2.75) is 20.3 Å². The van der Waals surface area contributed by atoms with Crippen LogP contribution in [0.5, 0.6) is 5.75 Å². The predicted octanol–water partition coefficient (Wildman–Crippen LogP) is 4.56. The number of aryl methyl sites for hydroxylation is 1. The van der Waals surface area contributed by atoms with Gasteiger partial charge in [0, 0.05) is 29.8 Å². The van der Waals surface area contributed by atoms with Gasteiger partial charge in [-0.25, -0.2) is 0 Å². The van der Waals surface area contributed by atoms with E-state index in [9.17, 15) is 0 Å². The fourth-order valence-electron chi connectivity index (χ4n) is 2.64. The molecule has 1 fully saturated rings. The molecule has 0 saturated carbocycles. The van der Waals surface area contributed by atoms with Crippen LogP contribution in [-0.2, 0) is 9.47 Å². The van der Waals surface area contributed by atoms with Gasteiger partial charge in [0.2, 0.25) is 0 Å². The molecule has 0 radical (unpaired) electrons. The molecule has 1 saturated heterocycles. The number of benzene rings is 2. The lowest BCUT2D eigenvalue weighted by molar-refractivity contribution is -0.138. The molecule has 134 valence electrons. The van der Waals surface area contributed by atoms with Crippen LogP contribution in [0.25, 0.3) is 0 Å². The van der Waals surface area contributed by atoms with Gasteiger partial charge in [-0.3, -0.25) is 0 Å². The second-order valence-electron chi connectivity index (χ2n) is 7.07. The third kappa shape index (κ3) is 5.48. The Morgan fingerprint density at radius 1 is 0.960 bits per heavy atom. The topological polar surface area (TPSA) is 39.7 Å². The van der Waals surface area contributed by atoms with Crippen molar-refractivity contribution in [1.29, 1.82) is 0 Å². The Hall–Kier alpha value is -2.04. The molecule has 0 aromatic heterocycles. The van der Waals surface area contributed by atoms with Gasteiger partial charge in [-0.1, -0.05) is 24.6 Å². The predicted molar refractivity (Wildman–Crippen MR) is 101 cm³/mol. The van der Waals surface area contributed by atoms with Crippen molar-refractivity contribution in [3.63, 3.8) is 0 Å². The van der Waals surface area contributed by atoms with Crippen LogP contribution in [0.1, 0.15) is 18.9 Å². The molecular weight excluding hydrogens is 314 g/mol. The molecule has 1 N–H and O–H groups in total. The van der Waals surface area contributed by atoms with E-state index in [4.69, 9.17) is 14.2 Å². The van der Waals surface area contributed by atoms with E-state index >= 15 is 0 Å². The molecule has 2 aromatic rings. The number of hydrogen-bond acceptors (Lipinski definition) is 4. The zero-order chi connectivity index (χ0) is 17.5. The second kappa shape index (κ2) is 8.37. The number of rotatable bonds is 9. The summed E-state index contributed by atoms with van der Waals surface area (Å²) >= 11 is 0. The minimum absolute atomic E-state index is 0.223. The minimum atomic E-state index is 0.223. The first-order valence-electron chi connectivity index (χ1n) is 8.85. The molecule has 1 heterocycles. The highest BCUT2D eigenvalue weighted by atomic mass is 16.5. The van der Waals surface area contributed by atoms with E-state index in [2.05, 4.69) is 43.4 Å². The van der Waals surface area contributed by atoms with Crippen molar-refractivity contribution < 1.29 is 14.2 Å². The fourth-order valence-corrected chi connectivity index (χ4v) is 2.64. The van der Waals surface area contributed by atoms with Crippen LogP contribution in [0.2, 0.25) is 0 Å². The highest BCUT2D eigenvalue weighted by molar-refractivity contribution is 5.60. The summed E-state index contributed by atoms with van der Waals surface area (Å²) in [6, 6.07) is 16.4. The standard InChI is InChI=1S/C21H27NO3/c1-17-4-6-18(7-5-17)22-19-8-10-20(11-9-19)25-13-3-12-23-14-21(2)15-24-16-21/h4-11,22H,3,12-16H2,1-2H3. The van der Waals surface area contributed by atoms with Gasteiger partial charge in [0.1, 0.15) is 5.75 Å². The average Bonchev–Trinajstić information content (AvgIpc) is 2.60. The smallest absolute Gasteiger partial charge is 0.119 e. The maximum absolute atomic E-state index is 5.77. The van der Waals surface area contributed by atoms with Crippen molar-refractivity contribution >= 4 is 11.4 Å². The Morgan fingerprint density at radius 3 is 2.20 bits per heavy atom. The highest BCUT2D eigenvalue weighted by Crippen LogP contribution is 2.26. The van der Waals surface area contributed by atoms with Gasteiger partial charge in [-0.15, -0.1) is 0 Å². The summed E-state index contributed by atoms with van der Waals surface area (Å²) < 4.78 is 16.7. The van der Waals surface area contributed by atoms with Gasteiger partial charge in [-0.05, 0) is 43.3 Å². The number of anilines is 2. The third-order valence-corrected chi connectivity index (χ3v) is 4.25. The van der Waals surface area contributed by atoms with Gasteiger partial charge < -0.3 is 19.5 Å². The first kappa shape index (κ1) is 17.8. The molecule has 3 rings (SSSR count). The lowest BCUT2D eigenvalue weighted by Gasteiger charge is -2.37. The molecule has 0 aliphatic carbocycles. The zero-order valence-corrected chi connectivity index (χ0v) is 15.1. The maximum Gasteiger partial charge on any atom is 0.119 e. The maximum atomic E-state index is 5.77. The molecule has 4 nitrogen and oxygen atoms in total. The van der Waals surface area contributed by atoms with Gasteiger partial charge in [-0.2, -0.15) is 0 Å². The van der Waals surface area contributed by atoms with E-state index in [1.165, 1.54) is 5.56 Å². The molecule has 4 heteroatoms. The van der Waals surface area contributed by atoms with E-state index in [0.29, 0.717) is 6.61 Å². The van der Waals surface area contributed by atoms with Gasteiger partial charge in [0.15, 0.2) is 0 Å². The first-order chi connectivity index (χ1) is 12.1. The van der Waals surface area contributed by atoms with E-state index in [-0.39, 0.29) is 5.41 Å². The summed E-state index contributed by atoms with van der Waals surface area (Å²) in [6.07, 6.45) is 0.889. The zero-order valence-electron chi connectivity index (χ0n) is 15.1. The van der Waals surface area contributed by atoms with E-state index < -0.39 is 0 Å².